The van der Waals surface area contributed by atoms with Gasteiger partial charge in [0, 0.05) is 78.8 Å². The lowest BCUT2D eigenvalue weighted by atomic mass is 10.0. The highest BCUT2D eigenvalue weighted by atomic mass is 16.5. The number of aromatic amines is 2. The van der Waals surface area contributed by atoms with Crippen molar-refractivity contribution in [2.45, 2.75) is 111 Å². The minimum Gasteiger partial charge on any atom is -0.493 e. The fourth-order valence-electron chi connectivity index (χ4n) is 9.20. The third-order valence-corrected chi connectivity index (χ3v) is 13.1. The number of hydrogen-bond acceptors (Lipinski definition) is 8. The molecule has 8 rings (SSSR count). The molecule has 3 aliphatic heterocycles. The zero-order chi connectivity index (χ0) is 45.7. The van der Waals surface area contributed by atoms with E-state index < -0.39 is 0 Å². The van der Waals surface area contributed by atoms with Crippen LogP contribution in [0.1, 0.15) is 113 Å². The molecule has 0 radical (unpaired) electrons. The molecule has 5 aromatic rings. The Morgan fingerprint density at radius 1 is 0.677 bits per heavy atom. The lowest BCUT2D eigenvalue weighted by Crippen LogP contribution is -2.50. The van der Waals surface area contributed by atoms with Crippen LogP contribution in [0.3, 0.4) is 0 Å². The maximum Gasteiger partial charge on any atom is 0.272 e. The lowest BCUT2D eigenvalue weighted by Gasteiger charge is -2.39. The minimum absolute atomic E-state index is 0.0419. The highest BCUT2D eigenvalue weighted by Gasteiger charge is 2.27. The van der Waals surface area contributed by atoms with E-state index in [1.807, 2.05) is 60.7 Å². The van der Waals surface area contributed by atoms with Crippen LogP contribution in [0.5, 0.6) is 11.5 Å². The summed E-state index contributed by atoms with van der Waals surface area (Å²) >= 11 is 0. The van der Waals surface area contributed by atoms with Crippen molar-refractivity contribution in [3.05, 3.63) is 89.7 Å². The Bertz CT molecular complexity index is 2240. The van der Waals surface area contributed by atoms with E-state index in [9.17, 15) is 14.7 Å². The van der Waals surface area contributed by atoms with Crippen LogP contribution in [-0.2, 0) is 6.42 Å². The molecule has 3 aliphatic rings. The summed E-state index contributed by atoms with van der Waals surface area (Å²) in [4.78, 5) is 39.8. The topological polar surface area (TPSA) is 138 Å². The number of amides is 2. The molecule has 3 fully saturated rings. The van der Waals surface area contributed by atoms with Crippen molar-refractivity contribution >= 4 is 39.3 Å². The predicted octanol–water partition coefficient (Wildman–Crippen LogP) is 9.12. The molecule has 0 saturated carbocycles. The Labute approximate surface area is 386 Å². The third-order valence-electron chi connectivity index (χ3n) is 13.1. The normalized spacial score (nSPS) is 17.8. The molecule has 2 amide bonds. The number of aromatic nitrogens is 2. The monoisotopic (exact) mass is 890 g/mol. The van der Waals surface area contributed by atoms with Gasteiger partial charge in [-0.3, -0.25) is 14.5 Å². The summed E-state index contributed by atoms with van der Waals surface area (Å²) in [6, 6.07) is 24.5. The fourth-order valence-corrected chi connectivity index (χ4v) is 9.20. The average molecular weight is 890 g/mol. The van der Waals surface area contributed by atoms with Gasteiger partial charge in [-0.15, -0.1) is 0 Å². The molecule has 0 unspecified atom stereocenters. The third kappa shape index (κ3) is 14.1. The number of carbonyl (C=O) groups is 2. The van der Waals surface area contributed by atoms with Gasteiger partial charge < -0.3 is 45.0 Å². The first-order chi connectivity index (χ1) is 31.5. The fraction of sp³-hybridized carbons (Fsp3) is 0.547. The molecule has 65 heavy (non-hydrogen) atoms. The maximum absolute atomic E-state index is 12.9. The molecular formula is C53H75N7O5. The van der Waals surface area contributed by atoms with Crippen molar-refractivity contribution in [3.8, 4) is 11.5 Å². The Morgan fingerprint density at radius 2 is 1.23 bits per heavy atom. The number of H-pyrrole nitrogens is 2. The number of fused-ring (bicyclic) bond motifs is 2. The number of nitrogens with one attached hydrogen (secondary N) is 4. The number of benzene rings is 3. The van der Waals surface area contributed by atoms with E-state index in [0.29, 0.717) is 42.5 Å². The van der Waals surface area contributed by atoms with Crippen LogP contribution in [0.4, 0.5) is 5.69 Å². The first kappa shape index (κ1) is 48.1. The summed E-state index contributed by atoms with van der Waals surface area (Å²) in [6.45, 7) is 20.7. The number of aliphatic hydroxyl groups is 1. The van der Waals surface area contributed by atoms with Crippen molar-refractivity contribution in [3.63, 3.8) is 0 Å². The standard InChI is InChI=1S/C27H35N3O2.C26H40N4O3/c1-20(2)19-32-26-9-7-8-24-23(26)18-25(29-24)27(31)28-22-12-10-21(11-13-22)14-17-30-15-5-3-4-6-16-30;1-18(2)17-33-25-6-4-5-23-22(25)15-24(28-23)26(32)27-20-7-11-29(12-8-20)16-19(3)30-13-9-21(31)10-14-30/h7-13,18,20,29H,3-6,14-17,19H2,1-2H3,(H,28,31);4-6,15,18-21,28,31H,7-14,16-17H2,1-3H3,(H,27,32)/t;19-/m.0/s1. The van der Waals surface area contributed by atoms with E-state index in [0.717, 1.165) is 110 Å². The largest absolute Gasteiger partial charge is 0.493 e. The van der Waals surface area contributed by atoms with Gasteiger partial charge in [0.1, 0.15) is 22.9 Å². The summed E-state index contributed by atoms with van der Waals surface area (Å²) in [5.74, 6) is 2.33. The molecule has 5 heterocycles. The molecule has 12 nitrogen and oxygen atoms in total. The summed E-state index contributed by atoms with van der Waals surface area (Å²) in [5.41, 5.74) is 5.07. The molecule has 5 N–H and O–H groups in total. The number of likely N-dealkylation sites (tertiary alicyclic amines) is 3. The molecule has 0 aliphatic carbocycles. The molecule has 1 atom stereocenters. The second-order valence-corrected chi connectivity index (χ2v) is 19.5. The van der Waals surface area contributed by atoms with Gasteiger partial charge in [0.05, 0.1) is 19.3 Å². The van der Waals surface area contributed by atoms with Crippen LogP contribution < -0.4 is 20.1 Å². The van der Waals surface area contributed by atoms with Gasteiger partial charge in [0.2, 0.25) is 0 Å². The van der Waals surface area contributed by atoms with E-state index in [-0.39, 0.29) is 24.0 Å². The number of carbonyl (C=O) groups excluding carboxylic acids is 2. The van der Waals surface area contributed by atoms with Crippen LogP contribution in [0.2, 0.25) is 0 Å². The second kappa shape index (κ2) is 23.5. The van der Waals surface area contributed by atoms with E-state index in [1.165, 1.54) is 44.3 Å². The maximum atomic E-state index is 12.9. The summed E-state index contributed by atoms with van der Waals surface area (Å²) in [7, 11) is 0. The number of piperidine rings is 2. The molecule has 2 aromatic heterocycles. The number of aliphatic hydroxyl groups excluding tert-OH is 1. The summed E-state index contributed by atoms with van der Waals surface area (Å²) in [5, 5.41) is 17.9. The van der Waals surface area contributed by atoms with E-state index in [2.05, 4.69) is 82.1 Å². The van der Waals surface area contributed by atoms with Crippen molar-refractivity contribution in [1.29, 1.82) is 0 Å². The van der Waals surface area contributed by atoms with Crippen molar-refractivity contribution in [2.24, 2.45) is 11.8 Å². The Balaban J connectivity index is 0.000000194. The SMILES string of the molecule is CC(C)COc1cccc2[nH]c(C(=O)NC3CCN(C[C@H](C)N4CCC(O)CC4)CC3)cc12.CC(C)COc1cccc2[nH]c(C(=O)Nc3ccc(CCN4CCCCCC4)cc3)cc12. The van der Waals surface area contributed by atoms with Crippen LogP contribution in [0, 0.1) is 11.8 Å². The van der Waals surface area contributed by atoms with Crippen LogP contribution in [-0.4, -0.2) is 125 Å². The molecule has 0 bridgehead atoms. The van der Waals surface area contributed by atoms with E-state index in [4.69, 9.17) is 9.47 Å². The van der Waals surface area contributed by atoms with E-state index >= 15 is 0 Å². The van der Waals surface area contributed by atoms with Crippen molar-refractivity contribution in [2.75, 3.05) is 70.9 Å². The number of hydrogen-bond donors (Lipinski definition) is 5. The number of ether oxygens (including phenoxy) is 2. The first-order valence-electron chi connectivity index (χ1n) is 24.5. The van der Waals surface area contributed by atoms with Crippen LogP contribution in [0.15, 0.2) is 72.8 Å². The average Bonchev–Trinajstić information content (AvgIpc) is 3.87. The number of nitrogens with zero attached hydrogens (tertiary/aromatic N) is 3. The Kier molecular flexibility index (Phi) is 17.4. The zero-order valence-corrected chi connectivity index (χ0v) is 39.7. The van der Waals surface area contributed by atoms with Gasteiger partial charge in [-0.25, -0.2) is 0 Å². The Morgan fingerprint density at radius 3 is 1.78 bits per heavy atom. The highest BCUT2D eigenvalue weighted by Crippen LogP contribution is 2.29. The van der Waals surface area contributed by atoms with E-state index in [1.54, 1.807) is 0 Å². The van der Waals surface area contributed by atoms with Crippen LogP contribution >= 0.6 is 0 Å². The Hall–Kier alpha value is -4.88. The van der Waals surface area contributed by atoms with Gasteiger partial charge in [-0.05, 0) is 131 Å². The first-order valence-corrected chi connectivity index (χ1v) is 24.5. The quantitative estimate of drug-likeness (QED) is 0.0662. The molecular weight excluding hydrogens is 815 g/mol. The molecule has 352 valence electrons. The second-order valence-electron chi connectivity index (χ2n) is 19.5. The molecule has 12 heteroatoms. The summed E-state index contributed by atoms with van der Waals surface area (Å²) < 4.78 is 11.9. The van der Waals surface area contributed by atoms with Gasteiger partial charge in [-0.2, -0.15) is 0 Å². The number of rotatable bonds is 16. The van der Waals surface area contributed by atoms with Gasteiger partial charge in [-0.1, -0.05) is 64.8 Å². The zero-order valence-electron chi connectivity index (χ0n) is 39.7. The lowest BCUT2D eigenvalue weighted by molar-refractivity contribution is 0.0497. The van der Waals surface area contributed by atoms with Gasteiger partial charge in [0.15, 0.2) is 0 Å². The number of anilines is 1. The molecule has 0 spiro atoms. The minimum atomic E-state index is -0.145. The smallest absolute Gasteiger partial charge is 0.272 e. The summed E-state index contributed by atoms with van der Waals surface area (Å²) in [6.07, 6.45) is 10.0. The van der Waals surface area contributed by atoms with Crippen LogP contribution in [0.25, 0.3) is 21.8 Å². The highest BCUT2D eigenvalue weighted by molar-refractivity contribution is 6.06. The molecule has 3 aromatic carbocycles. The van der Waals surface area contributed by atoms with Gasteiger partial charge >= 0.3 is 0 Å². The van der Waals surface area contributed by atoms with Crippen molar-refractivity contribution in [1.82, 2.24) is 30.0 Å². The van der Waals surface area contributed by atoms with Gasteiger partial charge in [0.25, 0.3) is 11.8 Å². The molecule has 3 saturated heterocycles. The van der Waals surface area contributed by atoms with Crippen molar-refractivity contribution < 1.29 is 24.2 Å². The predicted molar refractivity (Wildman–Crippen MR) is 263 cm³/mol.